The lowest BCUT2D eigenvalue weighted by atomic mass is 10.1. The third-order valence-electron chi connectivity index (χ3n) is 2.30. The van der Waals surface area contributed by atoms with Gasteiger partial charge in [-0.25, -0.2) is 4.39 Å². The molecule has 1 atom stereocenters. The van der Waals surface area contributed by atoms with Gasteiger partial charge in [-0.2, -0.15) is 5.10 Å². The fourth-order valence-electron chi connectivity index (χ4n) is 1.48. The highest BCUT2D eigenvalue weighted by Gasteiger charge is 2.20. The molecular formula is C10H9BrFN3O. The van der Waals surface area contributed by atoms with Crippen LogP contribution in [0.1, 0.15) is 17.4 Å². The summed E-state index contributed by atoms with van der Waals surface area (Å²) in [5.74, 6) is -0.539. The molecule has 0 aliphatic rings. The lowest BCUT2D eigenvalue weighted by molar-refractivity contribution is 0.203. The highest BCUT2D eigenvalue weighted by molar-refractivity contribution is 9.10. The first-order valence-electron chi connectivity index (χ1n) is 4.56. The van der Waals surface area contributed by atoms with Crippen molar-refractivity contribution in [3.63, 3.8) is 0 Å². The zero-order valence-electron chi connectivity index (χ0n) is 8.43. The Morgan fingerprint density at radius 3 is 2.81 bits per heavy atom. The molecule has 1 unspecified atom stereocenters. The van der Waals surface area contributed by atoms with Crippen molar-refractivity contribution in [2.24, 2.45) is 7.05 Å². The van der Waals surface area contributed by atoms with Gasteiger partial charge in [0.25, 0.3) is 0 Å². The van der Waals surface area contributed by atoms with Crippen molar-refractivity contribution in [2.45, 2.75) is 6.10 Å². The first-order valence-corrected chi connectivity index (χ1v) is 5.35. The second kappa shape index (κ2) is 4.31. The molecule has 2 heterocycles. The van der Waals surface area contributed by atoms with Crippen LogP contribution in [0.5, 0.6) is 0 Å². The standard InChI is InChI=1S/C10H9BrFN3O/c1-15-9(7(11)4-14-15)10(16)6-2-3-13-5-8(6)12/h2-5,10,16H,1H3. The number of aliphatic hydroxyl groups is 1. The van der Waals surface area contributed by atoms with E-state index in [-0.39, 0.29) is 5.56 Å². The predicted molar refractivity (Wildman–Crippen MR) is 59.2 cm³/mol. The van der Waals surface area contributed by atoms with E-state index in [0.29, 0.717) is 10.2 Å². The van der Waals surface area contributed by atoms with E-state index in [9.17, 15) is 9.50 Å². The van der Waals surface area contributed by atoms with E-state index in [1.165, 1.54) is 16.9 Å². The van der Waals surface area contributed by atoms with E-state index < -0.39 is 11.9 Å². The summed E-state index contributed by atoms with van der Waals surface area (Å²) < 4.78 is 15.6. The molecule has 16 heavy (non-hydrogen) atoms. The molecule has 1 N–H and O–H groups in total. The van der Waals surface area contributed by atoms with Crippen LogP contribution in [0.25, 0.3) is 0 Å². The monoisotopic (exact) mass is 285 g/mol. The molecule has 0 aliphatic heterocycles. The highest BCUT2D eigenvalue weighted by atomic mass is 79.9. The first-order chi connectivity index (χ1) is 7.61. The Morgan fingerprint density at radius 2 is 2.25 bits per heavy atom. The number of hydrogen-bond donors (Lipinski definition) is 1. The molecule has 84 valence electrons. The molecule has 0 fully saturated rings. The molecule has 0 radical (unpaired) electrons. The molecule has 6 heteroatoms. The van der Waals surface area contributed by atoms with E-state index >= 15 is 0 Å². The van der Waals surface area contributed by atoms with Crippen molar-refractivity contribution >= 4 is 15.9 Å². The Kier molecular flexibility index (Phi) is 3.02. The number of aliphatic hydroxyl groups excluding tert-OH is 1. The SMILES string of the molecule is Cn1ncc(Br)c1C(O)c1ccncc1F. The summed E-state index contributed by atoms with van der Waals surface area (Å²) in [6.07, 6.45) is 3.00. The van der Waals surface area contributed by atoms with Gasteiger partial charge < -0.3 is 5.11 Å². The number of pyridine rings is 1. The van der Waals surface area contributed by atoms with Crippen LogP contribution in [0.4, 0.5) is 4.39 Å². The summed E-state index contributed by atoms with van der Waals surface area (Å²) in [5.41, 5.74) is 0.685. The van der Waals surface area contributed by atoms with E-state index in [1.807, 2.05) is 0 Å². The van der Waals surface area contributed by atoms with Gasteiger partial charge in [-0.05, 0) is 22.0 Å². The minimum absolute atomic E-state index is 0.180. The maximum Gasteiger partial charge on any atom is 0.147 e. The van der Waals surface area contributed by atoms with E-state index in [4.69, 9.17) is 0 Å². The molecule has 0 saturated heterocycles. The predicted octanol–water partition coefficient (Wildman–Crippen LogP) is 1.80. The van der Waals surface area contributed by atoms with Crippen molar-refractivity contribution in [3.8, 4) is 0 Å². The Bertz CT molecular complexity index is 495. The van der Waals surface area contributed by atoms with Crippen molar-refractivity contribution in [1.29, 1.82) is 0 Å². The van der Waals surface area contributed by atoms with Crippen molar-refractivity contribution in [2.75, 3.05) is 0 Å². The van der Waals surface area contributed by atoms with Crippen LogP contribution in [0.3, 0.4) is 0 Å². The fourth-order valence-corrected chi connectivity index (χ4v) is 2.05. The fraction of sp³-hybridized carbons (Fsp3) is 0.200. The second-order valence-corrected chi connectivity index (χ2v) is 4.16. The summed E-state index contributed by atoms with van der Waals surface area (Å²) >= 11 is 3.26. The van der Waals surface area contributed by atoms with Crippen LogP contribution < -0.4 is 0 Å². The van der Waals surface area contributed by atoms with Gasteiger partial charge in [-0.1, -0.05) is 0 Å². The van der Waals surface area contributed by atoms with Crippen molar-refractivity contribution < 1.29 is 9.50 Å². The molecular weight excluding hydrogens is 277 g/mol. The summed E-state index contributed by atoms with van der Waals surface area (Å²) in [4.78, 5) is 3.63. The number of aromatic nitrogens is 3. The normalized spacial score (nSPS) is 12.8. The molecule has 0 saturated carbocycles. The Labute approximate surface area is 99.9 Å². The van der Waals surface area contributed by atoms with Crippen LogP contribution >= 0.6 is 15.9 Å². The molecule has 4 nitrogen and oxygen atoms in total. The third-order valence-corrected chi connectivity index (χ3v) is 2.91. The molecule has 0 bridgehead atoms. The molecule has 0 aliphatic carbocycles. The maximum atomic E-state index is 13.4. The van der Waals surface area contributed by atoms with E-state index in [2.05, 4.69) is 26.0 Å². The van der Waals surface area contributed by atoms with Crippen molar-refractivity contribution in [3.05, 3.63) is 46.2 Å². The number of hydrogen-bond acceptors (Lipinski definition) is 3. The number of aryl methyl sites for hydroxylation is 1. The Hall–Kier alpha value is -1.27. The van der Waals surface area contributed by atoms with Gasteiger partial charge in [-0.15, -0.1) is 0 Å². The average Bonchev–Trinajstić information content (AvgIpc) is 2.58. The lowest BCUT2D eigenvalue weighted by Gasteiger charge is -2.12. The van der Waals surface area contributed by atoms with Gasteiger partial charge in [0.15, 0.2) is 0 Å². The summed E-state index contributed by atoms with van der Waals surface area (Å²) in [5, 5.41) is 14.0. The first kappa shape index (κ1) is 11.2. The van der Waals surface area contributed by atoms with Crippen LogP contribution in [0, 0.1) is 5.82 Å². The van der Waals surface area contributed by atoms with Gasteiger partial charge in [0.05, 0.1) is 22.6 Å². The largest absolute Gasteiger partial charge is 0.382 e. The van der Waals surface area contributed by atoms with Gasteiger partial charge in [-0.3, -0.25) is 9.67 Å². The Balaban J connectivity index is 2.47. The highest BCUT2D eigenvalue weighted by Crippen LogP contribution is 2.28. The maximum absolute atomic E-state index is 13.4. The minimum Gasteiger partial charge on any atom is -0.382 e. The molecule has 0 aromatic carbocycles. The third kappa shape index (κ3) is 1.85. The van der Waals surface area contributed by atoms with Gasteiger partial charge in [0.1, 0.15) is 11.9 Å². The summed E-state index contributed by atoms with van der Waals surface area (Å²) in [6, 6.07) is 1.44. The zero-order chi connectivity index (χ0) is 11.7. The van der Waals surface area contributed by atoms with Crippen LogP contribution in [0.15, 0.2) is 29.1 Å². The molecule has 2 rings (SSSR count). The minimum atomic E-state index is -1.06. The van der Waals surface area contributed by atoms with E-state index in [1.54, 1.807) is 13.2 Å². The molecule has 0 amide bonds. The summed E-state index contributed by atoms with van der Waals surface area (Å²) in [7, 11) is 1.68. The smallest absolute Gasteiger partial charge is 0.147 e. The van der Waals surface area contributed by atoms with Gasteiger partial charge in [0.2, 0.25) is 0 Å². The number of nitrogens with zero attached hydrogens (tertiary/aromatic N) is 3. The molecule has 0 spiro atoms. The Morgan fingerprint density at radius 1 is 1.50 bits per heavy atom. The topological polar surface area (TPSA) is 50.9 Å². The van der Waals surface area contributed by atoms with E-state index in [0.717, 1.165) is 6.20 Å². The van der Waals surface area contributed by atoms with Crippen LogP contribution in [-0.4, -0.2) is 19.9 Å². The van der Waals surface area contributed by atoms with Crippen molar-refractivity contribution in [1.82, 2.24) is 14.8 Å². The van der Waals surface area contributed by atoms with Crippen LogP contribution in [-0.2, 0) is 7.05 Å². The number of rotatable bonds is 2. The molecule has 2 aromatic heterocycles. The van der Waals surface area contributed by atoms with Crippen LogP contribution in [0.2, 0.25) is 0 Å². The molecule has 2 aromatic rings. The average molecular weight is 286 g/mol. The lowest BCUT2D eigenvalue weighted by Crippen LogP contribution is -2.09. The summed E-state index contributed by atoms with van der Waals surface area (Å²) in [6.45, 7) is 0. The zero-order valence-corrected chi connectivity index (χ0v) is 10.0. The number of halogens is 2. The second-order valence-electron chi connectivity index (χ2n) is 3.30. The van der Waals surface area contributed by atoms with Gasteiger partial charge in [0, 0.05) is 18.8 Å². The van der Waals surface area contributed by atoms with Gasteiger partial charge >= 0.3 is 0 Å². The quantitative estimate of drug-likeness (QED) is 0.915.